The quantitative estimate of drug-likeness (QED) is 0.664. The molecule has 0 saturated heterocycles. The van der Waals surface area contributed by atoms with Crippen molar-refractivity contribution < 1.29 is 9.90 Å². The number of fused-ring (bicyclic) bond motifs is 1. The Bertz CT molecular complexity index is 1010. The van der Waals surface area contributed by atoms with E-state index in [1.54, 1.807) is 23.0 Å². The fourth-order valence-electron chi connectivity index (χ4n) is 3.60. The third-order valence-corrected chi connectivity index (χ3v) is 5.38. The lowest BCUT2D eigenvalue weighted by Crippen LogP contribution is -2.50. The molecule has 30 heavy (non-hydrogen) atoms. The first-order valence-electron chi connectivity index (χ1n) is 10.1. The van der Waals surface area contributed by atoms with Crippen LogP contribution in [0.25, 0.3) is 0 Å². The molecule has 0 aliphatic carbocycles. The van der Waals surface area contributed by atoms with Crippen molar-refractivity contribution in [1.82, 2.24) is 29.9 Å². The normalized spacial score (nSPS) is 18.9. The molecule has 0 radical (unpaired) electrons. The molecule has 2 unspecified atom stereocenters. The number of hydrogen-bond acceptors (Lipinski definition) is 6. The minimum atomic E-state index is -0.877. The van der Waals surface area contributed by atoms with E-state index >= 15 is 0 Å². The molecule has 4 rings (SSSR count). The van der Waals surface area contributed by atoms with Crippen molar-refractivity contribution in [1.29, 1.82) is 0 Å². The predicted octanol–water partition coefficient (Wildman–Crippen LogP) is 1.60. The molecule has 0 fully saturated rings. The summed E-state index contributed by atoms with van der Waals surface area (Å²) in [7, 11) is 1.81. The average molecular weight is 409 g/mol. The highest BCUT2D eigenvalue weighted by Crippen LogP contribution is 2.26. The third-order valence-electron chi connectivity index (χ3n) is 5.38. The number of amides is 1. The monoisotopic (exact) mass is 409 g/mol. The molecule has 0 spiro atoms. The number of aromatic nitrogens is 5. The number of rotatable bonds is 5. The first-order chi connectivity index (χ1) is 14.4. The molecule has 0 bridgehead atoms. The number of nitrogens with one attached hydrogen (secondary N) is 1. The maximum atomic E-state index is 12.7. The zero-order chi connectivity index (χ0) is 21.3. The van der Waals surface area contributed by atoms with E-state index in [9.17, 15) is 9.90 Å². The second-order valence-corrected chi connectivity index (χ2v) is 7.95. The summed E-state index contributed by atoms with van der Waals surface area (Å²) >= 11 is 0. The van der Waals surface area contributed by atoms with Crippen LogP contribution in [0.5, 0.6) is 0 Å². The molecule has 9 nitrogen and oxygen atoms in total. The fraction of sp³-hybridized carbons (Fsp3) is 0.429. The Balaban J connectivity index is 1.43. The summed E-state index contributed by atoms with van der Waals surface area (Å²) in [5.74, 6) is 0.835. The van der Waals surface area contributed by atoms with Crippen LogP contribution < -0.4 is 10.2 Å². The van der Waals surface area contributed by atoms with Gasteiger partial charge in [-0.1, -0.05) is 44.2 Å². The molecule has 0 saturated carbocycles. The van der Waals surface area contributed by atoms with E-state index in [1.807, 2.05) is 41.1 Å². The van der Waals surface area contributed by atoms with Crippen molar-refractivity contribution in [2.75, 3.05) is 11.9 Å². The van der Waals surface area contributed by atoms with Gasteiger partial charge in [-0.25, -0.2) is 14.3 Å². The van der Waals surface area contributed by atoms with Gasteiger partial charge in [0, 0.05) is 19.7 Å². The first kappa shape index (κ1) is 20.1. The summed E-state index contributed by atoms with van der Waals surface area (Å²) < 4.78 is 3.51. The number of aliphatic hydroxyl groups is 1. The van der Waals surface area contributed by atoms with Crippen molar-refractivity contribution in [3.63, 3.8) is 0 Å². The van der Waals surface area contributed by atoms with Gasteiger partial charge in [0.05, 0.1) is 18.3 Å². The number of carbonyl (C=O) groups is 1. The SMILES string of the molecule is CC(C)c1cc2n(n1)CCC(NC(=O)c1ncn(Cc3ccccc3)n1)C(O)N2C. The molecule has 1 amide bonds. The molecule has 158 valence electrons. The lowest BCUT2D eigenvalue weighted by atomic mass is 10.1. The van der Waals surface area contributed by atoms with Gasteiger partial charge in [0.15, 0.2) is 0 Å². The predicted molar refractivity (Wildman–Crippen MR) is 112 cm³/mol. The Labute approximate surface area is 175 Å². The van der Waals surface area contributed by atoms with Gasteiger partial charge in [0.2, 0.25) is 5.82 Å². The van der Waals surface area contributed by atoms with Crippen molar-refractivity contribution in [3.8, 4) is 0 Å². The largest absolute Gasteiger partial charge is 0.371 e. The summed E-state index contributed by atoms with van der Waals surface area (Å²) in [4.78, 5) is 18.6. The van der Waals surface area contributed by atoms with Gasteiger partial charge in [-0.2, -0.15) is 5.10 Å². The number of hydrogen-bond donors (Lipinski definition) is 2. The maximum absolute atomic E-state index is 12.7. The van der Waals surface area contributed by atoms with E-state index in [-0.39, 0.29) is 5.82 Å². The van der Waals surface area contributed by atoms with Gasteiger partial charge >= 0.3 is 0 Å². The number of aliphatic hydroxyl groups excluding tert-OH is 1. The molecule has 2 N–H and O–H groups in total. The number of nitrogens with zero attached hydrogens (tertiary/aromatic N) is 6. The van der Waals surface area contributed by atoms with Crippen LogP contribution in [0.1, 0.15) is 48.1 Å². The van der Waals surface area contributed by atoms with E-state index in [4.69, 9.17) is 0 Å². The summed E-state index contributed by atoms with van der Waals surface area (Å²) in [5.41, 5.74) is 2.06. The van der Waals surface area contributed by atoms with Crippen LogP contribution in [0, 0.1) is 0 Å². The van der Waals surface area contributed by atoms with Crippen molar-refractivity contribution in [3.05, 3.63) is 59.8 Å². The van der Waals surface area contributed by atoms with Crippen LogP contribution in [0.2, 0.25) is 0 Å². The molecule has 2 aromatic heterocycles. The van der Waals surface area contributed by atoms with Gasteiger partial charge in [0.25, 0.3) is 5.91 Å². The molecular weight excluding hydrogens is 382 g/mol. The first-order valence-corrected chi connectivity index (χ1v) is 10.1. The minimum Gasteiger partial charge on any atom is -0.371 e. The van der Waals surface area contributed by atoms with Gasteiger partial charge in [-0.15, -0.1) is 5.10 Å². The number of carbonyl (C=O) groups excluding carboxylic acids is 1. The number of anilines is 1. The summed E-state index contributed by atoms with van der Waals surface area (Å²) in [6.45, 7) is 5.32. The van der Waals surface area contributed by atoms with Gasteiger partial charge in [-0.3, -0.25) is 4.79 Å². The Morgan fingerprint density at radius 3 is 2.77 bits per heavy atom. The van der Waals surface area contributed by atoms with E-state index in [1.165, 1.54) is 0 Å². The summed E-state index contributed by atoms with van der Waals surface area (Å²) in [5, 5.41) is 22.6. The molecule has 3 heterocycles. The Kier molecular flexibility index (Phi) is 5.54. The fourth-order valence-corrected chi connectivity index (χ4v) is 3.60. The van der Waals surface area contributed by atoms with Crippen LogP contribution in [-0.4, -0.2) is 54.9 Å². The molecule has 1 aliphatic heterocycles. The molecule has 1 aliphatic rings. The maximum Gasteiger partial charge on any atom is 0.291 e. The lowest BCUT2D eigenvalue weighted by molar-refractivity contribution is 0.0818. The van der Waals surface area contributed by atoms with Crippen LogP contribution >= 0.6 is 0 Å². The van der Waals surface area contributed by atoms with Gasteiger partial charge in [0.1, 0.15) is 18.4 Å². The lowest BCUT2D eigenvalue weighted by Gasteiger charge is -2.28. The second kappa shape index (κ2) is 8.27. The number of likely N-dealkylation sites (N-methyl/N-ethyl adjacent to an activating group) is 1. The van der Waals surface area contributed by atoms with Crippen molar-refractivity contribution in [2.45, 2.75) is 51.5 Å². The number of aryl methyl sites for hydroxylation is 1. The highest BCUT2D eigenvalue weighted by Gasteiger charge is 2.31. The van der Waals surface area contributed by atoms with E-state index < -0.39 is 18.2 Å². The topological polar surface area (TPSA) is 101 Å². The Hall–Kier alpha value is -3.20. The van der Waals surface area contributed by atoms with Crippen LogP contribution in [0.3, 0.4) is 0 Å². The second-order valence-electron chi connectivity index (χ2n) is 7.95. The third kappa shape index (κ3) is 4.06. The van der Waals surface area contributed by atoms with Crippen LogP contribution in [0.15, 0.2) is 42.7 Å². The van der Waals surface area contributed by atoms with E-state index in [2.05, 4.69) is 34.3 Å². The molecule has 2 atom stereocenters. The van der Waals surface area contributed by atoms with Gasteiger partial charge < -0.3 is 15.3 Å². The average Bonchev–Trinajstić information content (AvgIpc) is 3.36. The highest BCUT2D eigenvalue weighted by atomic mass is 16.3. The van der Waals surface area contributed by atoms with E-state index in [0.29, 0.717) is 25.4 Å². The smallest absolute Gasteiger partial charge is 0.291 e. The highest BCUT2D eigenvalue weighted by molar-refractivity contribution is 5.90. The Morgan fingerprint density at radius 1 is 1.27 bits per heavy atom. The van der Waals surface area contributed by atoms with Gasteiger partial charge in [-0.05, 0) is 17.9 Å². The summed E-state index contributed by atoms with van der Waals surface area (Å²) in [6.07, 6.45) is 1.22. The number of benzene rings is 1. The zero-order valence-electron chi connectivity index (χ0n) is 17.4. The molecule has 9 heteroatoms. The molecule has 3 aromatic rings. The summed E-state index contributed by atoms with van der Waals surface area (Å²) in [6, 6.07) is 11.4. The molecular formula is C21H27N7O2. The van der Waals surface area contributed by atoms with Crippen LogP contribution in [-0.2, 0) is 13.1 Å². The standard InChI is InChI=1S/C21H27N7O2/c1-14(2)17-11-18-26(3)21(30)16(9-10-28(18)24-17)23-20(29)19-22-13-27(25-19)12-15-7-5-4-6-8-15/h4-8,11,13-14,16,21,30H,9-10,12H2,1-3H3,(H,23,29). The van der Waals surface area contributed by atoms with Crippen molar-refractivity contribution >= 4 is 11.7 Å². The Morgan fingerprint density at radius 2 is 2.03 bits per heavy atom. The van der Waals surface area contributed by atoms with Crippen LogP contribution in [0.4, 0.5) is 5.82 Å². The van der Waals surface area contributed by atoms with Crippen molar-refractivity contribution in [2.24, 2.45) is 0 Å². The minimum absolute atomic E-state index is 0.0878. The van der Waals surface area contributed by atoms with E-state index in [0.717, 1.165) is 17.1 Å². The zero-order valence-corrected chi connectivity index (χ0v) is 17.4. The molecule has 1 aromatic carbocycles.